The maximum Gasteiger partial charge on any atom is 0.251 e. The Balaban J connectivity index is 1.47. The molecule has 2 aromatic carbocycles. The van der Waals surface area contributed by atoms with Gasteiger partial charge in [0.1, 0.15) is 6.04 Å². The third kappa shape index (κ3) is 2.63. The van der Waals surface area contributed by atoms with Crippen molar-refractivity contribution in [1.29, 1.82) is 0 Å². The van der Waals surface area contributed by atoms with Gasteiger partial charge in [-0.1, -0.05) is 48.5 Å². The standard InChI is InChI=1S/C24H23N3O2S/c28-23-20-13-18-17-10-4-5-11-19(17)25-21(18)22(15-7-2-1-3-8-15)27(20)24(30)26(23)14-16-9-6-12-29-16/h1-5,7-8,10-11,16,20,22,25H,6,9,12-14H2/t16-,20-,22-/m0/s1. The molecule has 0 spiro atoms. The molecule has 152 valence electrons. The fourth-order valence-corrected chi connectivity index (χ4v) is 5.67. The van der Waals surface area contributed by atoms with Crippen molar-refractivity contribution < 1.29 is 9.53 Å². The lowest BCUT2D eigenvalue weighted by atomic mass is 9.89. The Morgan fingerprint density at radius 3 is 2.70 bits per heavy atom. The highest BCUT2D eigenvalue weighted by molar-refractivity contribution is 7.80. The van der Waals surface area contributed by atoms with E-state index in [0.717, 1.165) is 36.2 Å². The normalized spacial score (nSPS) is 25.8. The highest BCUT2D eigenvalue weighted by atomic mass is 32.1. The molecule has 0 unspecified atom stereocenters. The number of ether oxygens (including phenoxy) is 1. The van der Waals surface area contributed by atoms with Gasteiger partial charge in [0.25, 0.3) is 5.91 Å². The number of carbonyl (C=O) groups excluding carboxylic acids is 1. The van der Waals surface area contributed by atoms with Crippen LogP contribution in [-0.4, -0.2) is 51.1 Å². The molecule has 0 aliphatic carbocycles. The first kappa shape index (κ1) is 18.1. The van der Waals surface area contributed by atoms with E-state index in [-0.39, 0.29) is 24.1 Å². The quantitative estimate of drug-likeness (QED) is 0.659. The molecule has 2 saturated heterocycles. The Labute approximate surface area is 180 Å². The van der Waals surface area contributed by atoms with Crippen molar-refractivity contribution in [2.45, 2.75) is 37.5 Å². The fraction of sp³-hybridized carbons (Fsp3) is 0.333. The number of aromatic amines is 1. The molecular formula is C24H23N3O2S. The van der Waals surface area contributed by atoms with E-state index in [0.29, 0.717) is 18.1 Å². The number of thiocarbonyl (C=S) groups is 1. The van der Waals surface area contributed by atoms with Gasteiger partial charge in [0.15, 0.2) is 5.11 Å². The Bertz CT molecular complexity index is 1140. The predicted octanol–water partition coefficient (Wildman–Crippen LogP) is 3.79. The molecule has 30 heavy (non-hydrogen) atoms. The molecule has 1 N–H and O–H groups in total. The second-order valence-electron chi connectivity index (χ2n) is 8.37. The molecule has 3 aromatic rings. The highest BCUT2D eigenvalue weighted by Gasteiger charge is 2.50. The van der Waals surface area contributed by atoms with Crippen molar-refractivity contribution in [1.82, 2.24) is 14.8 Å². The van der Waals surface area contributed by atoms with Crippen LogP contribution < -0.4 is 0 Å². The van der Waals surface area contributed by atoms with Gasteiger partial charge in [-0.05, 0) is 42.3 Å². The first-order chi connectivity index (χ1) is 14.7. The zero-order valence-electron chi connectivity index (χ0n) is 16.6. The SMILES string of the molecule is O=C1[C@@H]2Cc3c([nH]c4ccccc34)[C@H](c3ccccc3)N2C(=S)N1C[C@@H]1CCCO1. The molecule has 1 amide bonds. The van der Waals surface area contributed by atoms with Crippen molar-refractivity contribution in [2.75, 3.05) is 13.2 Å². The molecule has 3 aliphatic heterocycles. The minimum Gasteiger partial charge on any atom is -0.376 e. The molecule has 6 heteroatoms. The summed E-state index contributed by atoms with van der Waals surface area (Å²) in [4.78, 5) is 21.1. The van der Waals surface area contributed by atoms with Crippen LogP contribution in [0.5, 0.6) is 0 Å². The molecule has 5 nitrogen and oxygen atoms in total. The van der Waals surface area contributed by atoms with Gasteiger partial charge in [0.2, 0.25) is 0 Å². The van der Waals surface area contributed by atoms with Gasteiger partial charge < -0.3 is 14.6 Å². The summed E-state index contributed by atoms with van der Waals surface area (Å²) in [7, 11) is 0. The number of rotatable bonds is 3. The number of H-pyrrole nitrogens is 1. The molecule has 0 radical (unpaired) electrons. The molecule has 0 saturated carbocycles. The van der Waals surface area contributed by atoms with Crippen LogP contribution in [0.3, 0.4) is 0 Å². The van der Waals surface area contributed by atoms with Gasteiger partial charge in [-0.3, -0.25) is 9.69 Å². The zero-order chi connectivity index (χ0) is 20.2. The Morgan fingerprint density at radius 2 is 1.90 bits per heavy atom. The maximum atomic E-state index is 13.5. The van der Waals surface area contributed by atoms with Crippen LogP contribution >= 0.6 is 12.2 Å². The summed E-state index contributed by atoms with van der Waals surface area (Å²) in [5.41, 5.74) is 4.63. The van der Waals surface area contributed by atoms with Gasteiger partial charge in [0.05, 0.1) is 18.7 Å². The minimum atomic E-state index is -0.268. The molecule has 0 bridgehead atoms. The first-order valence-corrected chi connectivity index (χ1v) is 11.0. The smallest absolute Gasteiger partial charge is 0.251 e. The fourth-order valence-electron chi connectivity index (χ4n) is 5.27. The van der Waals surface area contributed by atoms with E-state index in [1.54, 1.807) is 4.90 Å². The summed E-state index contributed by atoms with van der Waals surface area (Å²) < 4.78 is 5.80. The predicted molar refractivity (Wildman–Crippen MR) is 119 cm³/mol. The van der Waals surface area contributed by atoms with Crippen LogP contribution in [-0.2, 0) is 16.0 Å². The van der Waals surface area contributed by atoms with Crippen LogP contribution in [0.25, 0.3) is 10.9 Å². The average Bonchev–Trinajstić information content (AvgIpc) is 3.48. The molecule has 1 aromatic heterocycles. The van der Waals surface area contributed by atoms with Gasteiger partial charge in [-0.25, -0.2) is 0 Å². The maximum absolute atomic E-state index is 13.5. The van der Waals surface area contributed by atoms with Crippen molar-refractivity contribution >= 4 is 34.1 Å². The summed E-state index contributed by atoms with van der Waals surface area (Å²) in [5, 5.41) is 1.82. The monoisotopic (exact) mass is 417 g/mol. The van der Waals surface area contributed by atoms with Crippen LogP contribution in [0.1, 0.15) is 35.7 Å². The second kappa shape index (κ2) is 6.93. The van der Waals surface area contributed by atoms with Gasteiger partial charge in [-0.2, -0.15) is 0 Å². The largest absolute Gasteiger partial charge is 0.376 e. The number of hydrogen-bond acceptors (Lipinski definition) is 3. The van der Waals surface area contributed by atoms with E-state index >= 15 is 0 Å². The molecule has 2 fully saturated rings. The van der Waals surface area contributed by atoms with Gasteiger partial charge >= 0.3 is 0 Å². The number of amides is 1. The number of nitrogens with one attached hydrogen (secondary N) is 1. The third-order valence-electron chi connectivity index (χ3n) is 6.66. The average molecular weight is 418 g/mol. The van der Waals surface area contributed by atoms with Gasteiger partial charge in [0, 0.05) is 29.6 Å². The molecule has 3 atom stereocenters. The number of hydrogen-bond donors (Lipinski definition) is 1. The van der Waals surface area contributed by atoms with E-state index in [9.17, 15) is 4.79 Å². The van der Waals surface area contributed by atoms with Crippen LogP contribution in [0.15, 0.2) is 54.6 Å². The number of carbonyl (C=O) groups is 1. The molecule has 3 aliphatic rings. The summed E-state index contributed by atoms with van der Waals surface area (Å²) in [6, 6.07) is 18.3. The lowest BCUT2D eigenvalue weighted by Gasteiger charge is -2.37. The van der Waals surface area contributed by atoms with Crippen molar-refractivity contribution in [3.05, 3.63) is 71.4 Å². The number of fused-ring (bicyclic) bond motifs is 4. The Hall–Kier alpha value is -2.70. The van der Waals surface area contributed by atoms with E-state index in [4.69, 9.17) is 17.0 Å². The number of benzene rings is 2. The summed E-state index contributed by atoms with van der Waals surface area (Å²) in [6.45, 7) is 1.33. The van der Waals surface area contributed by atoms with E-state index in [1.165, 1.54) is 10.9 Å². The van der Waals surface area contributed by atoms with Crippen molar-refractivity contribution in [3.63, 3.8) is 0 Å². The van der Waals surface area contributed by atoms with E-state index in [2.05, 4.69) is 40.2 Å². The van der Waals surface area contributed by atoms with E-state index in [1.807, 2.05) is 24.3 Å². The number of aromatic nitrogens is 1. The molecule has 4 heterocycles. The molecule has 6 rings (SSSR count). The van der Waals surface area contributed by atoms with Crippen molar-refractivity contribution in [2.24, 2.45) is 0 Å². The topological polar surface area (TPSA) is 48.6 Å². The number of nitrogens with zero attached hydrogens (tertiary/aromatic N) is 2. The highest BCUT2D eigenvalue weighted by Crippen LogP contribution is 2.44. The summed E-state index contributed by atoms with van der Waals surface area (Å²) in [5.74, 6) is 0.104. The minimum absolute atomic E-state index is 0.0853. The van der Waals surface area contributed by atoms with Crippen LogP contribution in [0.2, 0.25) is 0 Å². The Morgan fingerprint density at radius 1 is 1.10 bits per heavy atom. The Kier molecular flexibility index (Phi) is 4.18. The zero-order valence-corrected chi connectivity index (χ0v) is 17.4. The lowest BCUT2D eigenvalue weighted by molar-refractivity contribution is -0.129. The first-order valence-electron chi connectivity index (χ1n) is 10.6. The summed E-state index contributed by atoms with van der Waals surface area (Å²) in [6.07, 6.45) is 2.80. The summed E-state index contributed by atoms with van der Waals surface area (Å²) >= 11 is 5.90. The lowest BCUT2D eigenvalue weighted by Crippen LogP contribution is -2.44. The number of para-hydroxylation sites is 1. The second-order valence-corrected chi connectivity index (χ2v) is 8.73. The van der Waals surface area contributed by atoms with Crippen LogP contribution in [0.4, 0.5) is 0 Å². The van der Waals surface area contributed by atoms with Crippen LogP contribution in [0, 0.1) is 0 Å². The van der Waals surface area contributed by atoms with Gasteiger partial charge in [-0.15, -0.1) is 0 Å². The molecular weight excluding hydrogens is 394 g/mol. The third-order valence-corrected chi connectivity index (χ3v) is 7.09. The van der Waals surface area contributed by atoms with Crippen molar-refractivity contribution in [3.8, 4) is 0 Å². The van der Waals surface area contributed by atoms with E-state index < -0.39 is 0 Å².